The molecule has 2 rings (SSSR count). The summed E-state index contributed by atoms with van der Waals surface area (Å²) in [6, 6.07) is 6.26. The molecule has 1 aromatic carbocycles. The standard InChI is InChI=1S/C13H14BrNOS/c1-4-9-5-6-11(16-3)10(7-9)13-15-8(2)12(14)17-13/h5-7H,4H2,1-3H3. The zero-order valence-electron chi connectivity index (χ0n) is 10.1. The number of hydrogen-bond acceptors (Lipinski definition) is 3. The Morgan fingerprint density at radius 1 is 1.41 bits per heavy atom. The van der Waals surface area contributed by atoms with Gasteiger partial charge in [-0.25, -0.2) is 4.98 Å². The largest absolute Gasteiger partial charge is 0.496 e. The lowest BCUT2D eigenvalue weighted by atomic mass is 10.1. The Kier molecular flexibility index (Phi) is 3.84. The fourth-order valence-electron chi connectivity index (χ4n) is 1.64. The second-order valence-electron chi connectivity index (χ2n) is 3.77. The third-order valence-electron chi connectivity index (χ3n) is 2.64. The van der Waals surface area contributed by atoms with E-state index in [0.717, 1.165) is 32.2 Å². The van der Waals surface area contributed by atoms with E-state index in [1.54, 1.807) is 18.4 Å². The van der Waals surface area contributed by atoms with E-state index in [0.29, 0.717) is 0 Å². The number of halogens is 1. The van der Waals surface area contributed by atoms with Crippen molar-refractivity contribution in [2.45, 2.75) is 20.3 Å². The van der Waals surface area contributed by atoms with Gasteiger partial charge in [-0.3, -0.25) is 0 Å². The van der Waals surface area contributed by atoms with E-state index in [1.165, 1.54) is 5.56 Å². The van der Waals surface area contributed by atoms with Crippen LogP contribution < -0.4 is 4.74 Å². The number of methoxy groups -OCH3 is 1. The fourth-order valence-corrected chi connectivity index (χ4v) is 3.00. The molecule has 17 heavy (non-hydrogen) atoms. The molecule has 90 valence electrons. The molecule has 0 N–H and O–H groups in total. The van der Waals surface area contributed by atoms with Crippen LogP contribution in [0, 0.1) is 6.92 Å². The van der Waals surface area contributed by atoms with Gasteiger partial charge in [-0.1, -0.05) is 13.0 Å². The topological polar surface area (TPSA) is 22.1 Å². The van der Waals surface area contributed by atoms with Crippen LogP contribution in [0.15, 0.2) is 22.0 Å². The Labute approximate surface area is 114 Å². The highest BCUT2D eigenvalue weighted by molar-refractivity contribution is 9.11. The molecule has 0 bridgehead atoms. The van der Waals surface area contributed by atoms with E-state index in [1.807, 2.05) is 13.0 Å². The number of aryl methyl sites for hydroxylation is 2. The second kappa shape index (κ2) is 5.19. The maximum Gasteiger partial charge on any atom is 0.129 e. The van der Waals surface area contributed by atoms with Crippen molar-refractivity contribution in [3.63, 3.8) is 0 Å². The van der Waals surface area contributed by atoms with Crippen LogP contribution in [-0.2, 0) is 6.42 Å². The summed E-state index contributed by atoms with van der Waals surface area (Å²) >= 11 is 5.15. The highest BCUT2D eigenvalue weighted by atomic mass is 79.9. The minimum atomic E-state index is 0.878. The molecule has 1 heterocycles. The number of ether oxygens (including phenoxy) is 1. The van der Waals surface area contributed by atoms with Gasteiger partial charge in [0.15, 0.2) is 0 Å². The van der Waals surface area contributed by atoms with Crippen molar-refractivity contribution in [1.29, 1.82) is 0 Å². The first-order valence-electron chi connectivity index (χ1n) is 5.46. The van der Waals surface area contributed by atoms with E-state index in [9.17, 15) is 0 Å². The zero-order chi connectivity index (χ0) is 12.4. The molecule has 0 spiro atoms. The summed E-state index contributed by atoms with van der Waals surface area (Å²) in [6.45, 7) is 4.15. The summed E-state index contributed by atoms with van der Waals surface area (Å²) < 4.78 is 6.48. The summed E-state index contributed by atoms with van der Waals surface area (Å²) in [5.41, 5.74) is 3.39. The van der Waals surface area contributed by atoms with Gasteiger partial charge in [0.2, 0.25) is 0 Å². The normalized spacial score (nSPS) is 10.6. The van der Waals surface area contributed by atoms with Crippen LogP contribution in [0.3, 0.4) is 0 Å². The van der Waals surface area contributed by atoms with Crippen LogP contribution in [0.1, 0.15) is 18.2 Å². The number of hydrogen-bond donors (Lipinski definition) is 0. The van der Waals surface area contributed by atoms with Crippen molar-refractivity contribution in [1.82, 2.24) is 4.98 Å². The summed E-state index contributed by atoms with van der Waals surface area (Å²) in [4.78, 5) is 4.56. The van der Waals surface area contributed by atoms with Gasteiger partial charge in [-0.2, -0.15) is 0 Å². The number of benzene rings is 1. The van der Waals surface area contributed by atoms with E-state index in [-0.39, 0.29) is 0 Å². The van der Waals surface area contributed by atoms with Gasteiger partial charge >= 0.3 is 0 Å². The molecule has 1 aromatic heterocycles. The number of aromatic nitrogens is 1. The Bertz CT molecular complexity index is 517. The first-order chi connectivity index (χ1) is 8.15. The molecule has 0 amide bonds. The maximum atomic E-state index is 5.40. The summed E-state index contributed by atoms with van der Waals surface area (Å²) in [7, 11) is 1.69. The van der Waals surface area contributed by atoms with Gasteiger partial charge in [0.25, 0.3) is 0 Å². The molecule has 0 aliphatic heterocycles. The lowest BCUT2D eigenvalue weighted by Crippen LogP contribution is -1.90. The molecule has 2 nitrogen and oxygen atoms in total. The van der Waals surface area contributed by atoms with Crippen molar-refractivity contribution >= 4 is 27.3 Å². The van der Waals surface area contributed by atoms with Crippen molar-refractivity contribution < 1.29 is 4.74 Å². The van der Waals surface area contributed by atoms with Crippen molar-refractivity contribution in [3.05, 3.63) is 33.2 Å². The summed E-state index contributed by atoms with van der Waals surface area (Å²) in [6.07, 6.45) is 1.02. The van der Waals surface area contributed by atoms with E-state index < -0.39 is 0 Å². The van der Waals surface area contributed by atoms with Crippen molar-refractivity contribution in [2.75, 3.05) is 7.11 Å². The smallest absolute Gasteiger partial charge is 0.129 e. The number of thiazole rings is 1. The number of rotatable bonds is 3. The minimum absolute atomic E-state index is 0.878. The molecular formula is C13H14BrNOS. The van der Waals surface area contributed by atoms with E-state index in [4.69, 9.17) is 4.74 Å². The third-order valence-corrected chi connectivity index (χ3v) is 4.68. The van der Waals surface area contributed by atoms with Crippen molar-refractivity contribution in [3.8, 4) is 16.3 Å². The Morgan fingerprint density at radius 2 is 2.18 bits per heavy atom. The van der Waals surface area contributed by atoms with Gasteiger partial charge in [0.1, 0.15) is 10.8 Å². The van der Waals surface area contributed by atoms with Crippen LogP contribution >= 0.6 is 27.3 Å². The van der Waals surface area contributed by atoms with Gasteiger partial charge in [-0.15, -0.1) is 11.3 Å². The van der Waals surface area contributed by atoms with Crippen LogP contribution in [-0.4, -0.2) is 12.1 Å². The van der Waals surface area contributed by atoms with Crippen LogP contribution in [0.5, 0.6) is 5.75 Å². The monoisotopic (exact) mass is 311 g/mol. The first kappa shape index (κ1) is 12.6. The van der Waals surface area contributed by atoms with Crippen LogP contribution in [0.4, 0.5) is 0 Å². The highest BCUT2D eigenvalue weighted by Crippen LogP contribution is 2.37. The van der Waals surface area contributed by atoms with Crippen LogP contribution in [0.25, 0.3) is 10.6 Å². The predicted octanol–water partition coefficient (Wildman–Crippen LogP) is 4.45. The quantitative estimate of drug-likeness (QED) is 0.835. The molecule has 0 atom stereocenters. The molecule has 4 heteroatoms. The molecule has 0 aliphatic rings. The third kappa shape index (κ3) is 2.53. The molecule has 0 saturated heterocycles. The molecule has 0 unspecified atom stereocenters. The van der Waals surface area contributed by atoms with Gasteiger partial charge in [0, 0.05) is 0 Å². The minimum Gasteiger partial charge on any atom is -0.496 e. The Hall–Kier alpha value is -0.870. The second-order valence-corrected chi connectivity index (χ2v) is 6.08. The lowest BCUT2D eigenvalue weighted by molar-refractivity contribution is 0.416. The van der Waals surface area contributed by atoms with E-state index >= 15 is 0 Å². The molecule has 0 radical (unpaired) electrons. The summed E-state index contributed by atoms with van der Waals surface area (Å²) in [5.74, 6) is 0.878. The van der Waals surface area contributed by atoms with Gasteiger partial charge in [0.05, 0.1) is 22.2 Å². The molecule has 0 saturated carbocycles. The Balaban J connectivity index is 2.55. The van der Waals surface area contributed by atoms with Gasteiger partial charge in [-0.05, 0) is 47.0 Å². The maximum absolute atomic E-state index is 5.40. The predicted molar refractivity (Wildman–Crippen MR) is 75.9 cm³/mol. The lowest BCUT2D eigenvalue weighted by Gasteiger charge is -2.07. The molecular weight excluding hydrogens is 298 g/mol. The van der Waals surface area contributed by atoms with Crippen LogP contribution in [0.2, 0.25) is 0 Å². The highest BCUT2D eigenvalue weighted by Gasteiger charge is 2.12. The first-order valence-corrected chi connectivity index (χ1v) is 7.07. The number of nitrogens with zero attached hydrogens (tertiary/aromatic N) is 1. The summed E-state index contributed by atoms with van der Waals surface area (Å²) in [5, 5.41) is 1.00. The molecule has 0 aliphatic carbocycles. The fraction of sp³-hybridized carbons (Fsp3) is 0.308. The van der Waals surface area contributed by atoms with Gasteiger partial charge < -0.3 is 4.74 Å². The van der Waals surface area contributed by atoms with Crippen molar-refractivity contribution in [2.24, 2.45) is 0 Å². The molecule has 2 aromatic rings. The Morgan fingerprint density at radius 3 is 2.71 bits per heavy atom. The zero-order valence-corrected chi connectivity index (χ0v) is 12.5. The average Bonchev–Trinajstić information content (AvgIpc) is 2.68. The SMILES string of the molecule is CCc1ccc(OC)c(-c2nc(C)c(Br)s2)c1. The average molecular weight is 312 g/mol. The molecule has 0 fully saturated rings. The van der Waals surface area contributed by atoms with E-state index in [2.05, 4.69) is 40.0 Å².